The van der Waals surface area contributed by atoms with Crippen LogP contribution in [0.25, 0.3) is 0 Å². The van der Waals surface area contributed by atoms with Gasteiger partial charge in [0.15, 0.2) is 0 Å². The number of hydrogen-bond acceptors (Lipinski definition) is 3. The number of hydrogen-bond donors (Lipinski definition) is 2. The van der Waals surface area contributed by atoms with Crippen molar-refractivity contribution < 1.29 is 23.0 Å². The van der Waals surface area contributed by atoms with Crippen LogP contribution in [-0.4, -0.2) is 24.8 Å². The third-order valence-electron chi connectivity index (χ3n) is 4.16. The van der Waals surface area contributed by atoms with E-state index in [-0.39, 0.29) is 6.61 Å². The molecule has 0 aromatic heterocycles. The van der Waals surface area contributed by atoms with Crippen molar-refractivity contribution in [3.63, 3.8) is 0 Å². The van der Waals surface area contributed by atoms with E-state index in [1.54, 1.807) is 0 Å². The average Bonchev–Trinajstić information content (AvgIpc) is 2.43. The molecule has 2 aliphatic heterocycles. The van der Waals surface area contributed by atoms with Crippen LogP contribution in [0.15, 0.2) is 18.2 Å². The number of alkyl halides is 3. The van der Waals surface area contributed by atoms with Crippen LogP contribution in [-0.2, 0) is 16.5 Å². The summed E-state index contributed by atoms with van der Waals surface area (Å²) < 4.78 is 44.2. The number of aliphatic hydroxyl groups is 1. The van der Waals surface area contributed by atoms with Crippen LogP contribution >= 0.6 is 0 Å². The molecule has 3 nitrogen and oxygen atoms in total. The normalized spacial score (nSPS) is 25.5. The highest BCUT2D eigenvalue weighted by atomic mass is 19.4. The first-order chi connectivity index (χ1) is 9.42. The summed E-state index contributed by atoms with van der Waals surface area (Å²) >= 11 is 0. The van der Waals surface area contributed by atoms with E-state index in [9.17, 15) is 18.3 Å². The van der Waals surface area contributed by atoms with Crippen molar-refractivity contribution in [2.75, 3.05) is 19.7 Å². The molecule has 0 aliphatic carbocycles. The van der Waals surface area contributed by atoms with Crippen LogP contribution in [0.5, 0.6) is 0 Å². The number of halogens is 3. The van der Waals surface area contributed by atoms with Crippen molar-refractivity contribution in [1.29, 1.82) is 0 Å². The van der Waals surface area contributed by atoms with E-state index in [2.05, 4.69) is 5.32 Å². The molecule has 1 fully saturated rings. The van der Waals surface area contributed by atoms with Crippen molar-refractivity contribution in [2.45, 2.75) is 30.7 Å². The molecule has 20 heavy (non-hydrogen) atoms. The Morgan fingerprint density at radius 2 is 1.95 bits per heavy atom. The van der Waals surface area contributed by atoms with E-state index in [0.29, 0.717) is 24.0 Å². The van der Waals surface area contributed by atoms with Gasteiger partial charge in [-0.05, 0) is 49.2 Å². The molecular formula is C14H16F3NO2. The molecule has 1 spiro atoms. The number of rotatable bonds is 0. The minimum Gasteiger partial charge on any atom is -0.386 e. The Labute approximate surface area is 114 Å². The number of nitrogens with one attached hydrogen (secondary N) is 1. The Bertz CT molecular complexity index is 510. The van der Waals surface area contributed by atoms with Gasteiger partial charge < -0.3 is 15.2 Å². The van der Waals surface area contributed by atoms with Gasteiger partial charge in [0.2, 0.25) is 0 Å². The Hall–Kier alpha value is -1.11. The van der Waals surface area contributed by atoms with Crippen LogP contribution in [0.3, 0.4) is 0 Å². The van der Waals surface area contributed by atoms with E-state index >= 15 is 0 Å². The summed E-state index contributed by atoms with van der Waals surface area (Å²) in [6.45, 7) is 1.57. The third-order valence-corrected chi connectivity index (χ3v) is 4.16. The molecule has 0 bridgehead atoms. The summed E-state index contributed by atoms with van der Waals surface area (Å²) in [5.41, 5.74) is -0.218. The molecule has 0 radical (unpaired) electrons. The molecule has 110 valence electrons. The van der Waals surface area contributed by atoms with E-state index in [1.807, 2.05) is 0 Å². The molecule has 3 rings (SSSR count). The van der Waals surface area contributed by atoms with Crippen molar-refractivity contribution in [2.24, 2.45) is 0 Å². The lowest BCUT2D eigenvalue weighted by molar-refractivity contribution is -0.139. The Balaban J connectivity index is 2.07. The lowest BCUT2D eigenvalue weighted by Gasteiger charge is -2.43. The van der Waals surface area contributed by atoms with Crippen LogP contribution in [0.2, 0.25) is 0 Å². The first-order valence-corrected chi connectivity index (χ1v) is 6.67. The zero-order valence-electron chi connectivity index (χ0n) is 10.8. The second-order valence-corrected chi connectivity index (χ2v) is 5.37. The maximum Gasteiger partial charge on any atom is 0.416 e. The SMILES string of the molecule is OC1COC2(CCNCC2)c2ccc(C(F)(F)F)cc21. The van der Waals surface area contributed by atoms with E-state index in [4.69, 9.17) is 4.74 Å². The minimum atomic E-state index is -4.39. The maximum absolute atomic E-state index is 12.8. The highest BCUT2D eigenvalue weighted by Gasteiger charge is 2.42. The lowest BCUT2D eigenvalue weighted by atomic mass is 9.78. The molecule has 1 saturated heterocycles. The fourth-order valence-electron chi connectivity index (χ4n) is 3.08. The second-order valence-electron chi connectivity index (χ2n) is 5.37. The Kier molecular flexibility index (Phi) is 3.27. The molecule has 0 amide bonds. The predicted octanol–water partition coefficient (Wildman–Crippen LogP) is 2.35. The molecule has 1 aromatic carbocycles. The Morgan fingerprint density at radius 3 is 2.60 bits per heavy atom. The molecule has 2 heterocycles. The molecule has 6 heteroatoms. The van der Waals surface area contributed by atoms with Gasteiger partial charge in [-0.25, -0.2) is 0 Å². The van der Waals surface area contributed by atoms with E-state index in [0.717, 1.165) is 25.2 Å². The third kappa shape index (κ3) is 2.21. The van der Waals surface area contributed by atoms with Gasteiger partial charge in [-0.1, -0.05) is 6.07 Å². The lowest BCUT2D eigenvalue weighted by Crippen LogP contribution is -2.45. The number of aliphatic hydroxyl groups excluding tert-OH is 1. The van der Waals surface area contributed by atoms with Crippen LogP contribution in [0.1, 0.15) is 35.6 Å². The largest absolute Gasteiger partial charge is 0.416 e. The monoisotopic (exact) mass is 287 g/mol. The number of benzene rings is 1. The smallest absolute Gasteiger partial charge is 0.386 e. The molecule has 2 N–H and O–H groups in total. The first kappa shape index (κ1) is 13.9. The highest BCUT2D eigenvalue weighted by Crippen LogP contribution is 2.44. The van der Waals surface area contributed by atoms with Gasteiger partial charge in [-0.2, -0.15) is 13.2 Å². The van der Waals surface area contributed by atoms with Crippen molar-refractivity contribution in [3.05, 3.63) is 34.9 Å². The zero-order chi connectivity index (χ0) is 14.4. The molecular weight excluding hydrogens is 271 g/mol. The van der Waals surface area contributed by atoms with Gasteiger partial charge in [0.1, 0.15) is 6.10 Å². The van der Waals surface area contributed by atoms with E-state index in [1.165, 1.54) is 6.07 Å². The van der Waals surface area contributed by atoms with Gasteiger partial charge in [0.25, 0.3) is 0 Å². The van der Waals surface area contributed by atoms with Crippen molar-refractivity contribution in [3.8, 4) is 0 Å². The highest BCUT2D eigenvalue weighted by molar-refractivity contribution is 5.40. The topological polar surface area (TPSA) is 41.5 Å². The number of ether oxygens (including phenoxy) is 1. The van der Waals surface area contributed by atoms with Gasteiger partial charge >= 0.3 is 6.18 Å². The molecule has 2 aliphatic rings. The summed E-state index contributed by atoms with van der Waals surface area (Å²) in [7, 11) is 0. The molecule has 1 atom stereocenters. The summed E-state index contributed by atoms with van der Waals surface area (Å²) in [6.07, 6.45) is -3.97. The quantitative estimate of drug-likeness (QED) is 0.769. The average molecular weight is 287 g/mol. The van der Waals surface area contributed by atoms with Gasteiger partial charge in [0, 0.05) is 0 Å². The number of piperidine rings is 1. The summed E-state index contributed by atoms with van der Waals surface area (Å²) in [5, 5.41) is 13.2. The minimum absolute atomic E-state index is 0.0499. The molecule has 1 aromatic rings. The van der Waals surface area contributed by atoms with Crippen LogP contribution in [0.4, 0.5) is 13.2 Å². The maximum atomic E-state index is 12.8. The fourth-order valence-corrected chi connectivity index (χ4v) is 3.08. The van der Waals surface area contributed by atoms with Crippen molar-refractivity contribution >= 4 is 0 Å². The van der Waals surface area contributed by atoms with Crippen molar-refractivity contribution in [1.82, 2.24) is 5.32 Å². The van der Waals surface area contributed by atoms with E-state index < -0.39 is 23.4 Å². The molecule has 1 unspecified atom stereocenters. The van der Waals surface area contributed by atoms with Crippen LogP contribution < -0.4 is 5.32 Å². The summed E-state index contributed by atoms with van der Waals surface area (Å²) in [5.74, 6) is 0. The standard InChI is InChI=1S/C14H16F3NO2/c15-14(16,17)9-1-2-11-10(7-9)12(19)8-20-13(11)3-5-18-6-4-13/h1-2,7,12,18-19H,3-6,8H2. The van der Waals surface area contributed by atoms with Gasteiger partial charge in [-0.3, -0.25) is 0 Å². The van der Waals surface area contributed by atoms with Crippen LogP contribution in [0, 0.1) is 0 Å². The Morgan fingerprint density at radius 1 is 1.25 bits per heavy atom. The number of fused-ring (bicyclic) bond motifs is 2. The summed E-state index contributed by atoms with van der Waals surface area (Å²) in [6, 6.07) is 3.60. The molecule has 0 saturated carbocycles. The second kappa shape index (κ2) is 4.72. The predicted molar refractivity (Wildman–Crippen MR) is 66.1 cm³/mol. The zero-order valence-corrected chi connectivity index (χ0v) is 10.8. The summed E-state index contributed by atoms with van der Waals surface area (Å²) in [4.78, 5) is 0. The van der Waals surface area contributed by atoms with Gasteiger partial charge in [-0.15, -0.1) is 0 Å². The fraction of sp³-hybridized carbons (Fsp3) is 0.571. The van der Waals surface area contributed by atoms with Gasteiger partial charge in [0.05, 0.1) is 17.8 Å². The first-order valence-electron chi connectivity index (χ1n) is 6.67.